The lowest BCUT2D eigenvalue weighted by atomic mass is 9.92. The Hall–Kier alpha value is -0.160. The van der Waals surface area contributed by atoms with E-state index in [1.807, 2.05) is 6.92 Å². The molecule has 1 saturated heterocycles. The fraction of sp³-hybridized carbons (Fsp3) is 1.00. The summed E-state index contributed by atoms with van der Waals surface area (Å²) in [5, 5.41) is 21.9. The number of quaternary nitrogens is 1. The van der Waals surface area contributed by atoms with Crippen LogP contribution in [0.2, 0.25) is 0 Å². The molecule has 2 N–H and O–H groups in total. The van der Waals surface area contributed by atoms with Gasteiger partial charge in [0.2, 0.25) is 0 Å². The van der Waals surface area contributed by atoms with E-state index >= 15 is 0 Å². The van der Waals surface area contributed by atoms with E-state index in [2.05, 4.69) is 6.92 Å². The Morgan fingerprint density at radius 1 is 1.42 bits per heavy atom. The van der Waals surface area contributed by atoms with E-state index in [-0.39, 0.29) is 17.3 Å². The molecule has 0 saturated carbocycles. The van der Waals surface area contributed by atoms with Gasteiger partial charge in [0.25, 0.3) is 0 Å². The first-order valence-corrected chi connectivity index (χ1v) is 4.47. The predicted octanol–water partition coefficient (Wildman–Crippen LogP) is -0.165. The monoisotopic (exact) mass is 174 g/mol. The summed E-state index contributed by atoms with van der Waals surface area (Å²) in [6.07, 6.45) is 1.48. The molecule has 0 spiro atoms. The van der Waals surface area contributed by atoms with E-state index in [4.69, 9.17) is 0 Å². The molecule has 72 valence electrons. The lowest BCUT2D eigenvalue weighted by Gasteiger charge is -2.44. The van der Waals surface area contributed by atoms with Crippen molar-refractivity contribution in [1.82, 2.24) is 5.06 Å². The highest BCUT2D eigenvalue weighted by molar-refractivity contribution is 4.68. The molecule has 0 amide bonds. The smallest absolute Gasteiger partial charge is 0.165 e. The molecule has 4 heteroatoms. The van der Waals surface area contributed by atoms with Crippen molar-refractivity contribution in [2.75, 3.05) is 7.05 Å². The van der Waals surface area contributed by atoms with Gasteiger partial charge in [-0.3, -0.25) is 0 Å². The van der Waals surface area contributed by atoms with Gasteiger partial charge in [-0.15, -0.1) is 5.06 Å². The molecule has 1 aliphatic rings. The minimum Gasteiger partial charge on any atom is -0.633 e. The van der Waals surface area contributed by atoms with E-state index < -0.39 is 0 Å². The van der Waals surface area contributed by atoms with Crippen molar-refractivity contribution in [2.24, 2.45) is 5.92 Å². The van der Waals surface area contributed by atoms with Crippen molar-refractivity contribution >= 4 is 0 Å². The maximum atomic E-state index is 11.5. The lowest BCUT2D eigenvalue weighted by Crippen LogP contribution is -3.17. The molecule has 4 unspecified atom stereocenters. The van der Waals surface area contributed by atoms with Gasteiger partial charge >= 0.3 is 0 Å². The van der Waals surface area contributed by atoms with Crippen LogP contribution in [-0.2, 0) is 0 Å². The van der Waals surface area contributed by atoms with Crippen molar-refractivity contribution in [1.29, 1.82) is 0 Å². The Balaban J connectivity index is 2.60. The maximum Gasteiger partial charge on any atom is 0.165 e. The topological polar surface area (TPSA) is 51.0 Å². The van der Waals surface area contributed by atoms with Gasteiger partial charge in [-0.25, -0.2) is 0 Å². The summed E-state index contributed by atoms with van der Waals surface area (Å²) < 4.78 is 0. The van der Waals surface area contributed by atoms with Crippen molar-refractivity contribution in [2.45, 2.75) is 38.9 Å². The summed E-state index contributed by atoms with van der Waals surface area (Å²) in [6, 6.07) is 0.105. The normalized spacial score (nSPS) is 43.5. The van der Waals surface area contributed by atoms with Crippen molar-refractivity contribution in [3.05, 3.63) is 5.21 Å². The Morgan fingerprint density at radius 3 is 2.50 bits per heavy atom. The quantitative estimate of drug-likeness (QED) is 0.429. The zero-order valence-electron chi connectivity index (χ0n) is 7.95. The second-order valence-corrected chi connectivity index (χ2v) is 3.97. The summed E-state index contributed by atoms with van der Waals surface area (Å²) >= 11 is 0. The van der Waals surface area contributed by atoms with Gasteiger partial charge in [0, 0.05) is 19.9 Å². The third-order valence-electron chi connectivity index (χ3n) is 2.65. The summed E-state index contributed by atoms with van der Waals surface area (Å²) in [5.41, 5.74) is 0. The highest BCUT2D eigenvalue weighted by atomic mass is 16.5. The van der Waals surface area contributed by atoms with E-state index in [0.29, 0.717) is 5.92 Å². The molecule has 0 aromatic carbocycles. The van der Waals surface area contributed by atoms with E-state index in [0.717, 1.165) is 17.9 Å². The van der Waals surface area contributed by atoms with Gasteiger partial charge < -0.3 is 15.5 Å². The molecular formula is C8H18N2O2. The van der Waals surface area contributed by atoms with Gasteiger partial charge in [-0.2, -0.15) is 0 Å². The first-order valence-electron chi connectivity index (χ1n) is 4.47. The molecule has 12 heavy (non-hydrogen) atoms. The molecule has 1 aliphatic heterocycles. The van der Waals surface area contributed by atoms with E-state index in [1.165, 1.54) is 0 Å². The molecular weight excluding hydrogens is 156 g/mol. The molecule has 1 rings (SSSR count). The highest BCUT2D eigenvalue weighted by Gasteiger charge is 2.32. The van der Waals surface area contributed by atoms with Gasteiger partial charge in [0.05, 0.1) is 6.04 Å². The highest BCUT2D eigenvalue weighted by Crippen LogP contribution is 2.16. The Labute approximate surface area is 73.3 Å². The number of hydrogen-bond acceptors (Lipinski definition) is 3. The second-order valence-electron chi connectivity index (χ2n) is 3.97. The first-order chi connectivity index (χ1) is 5.52. The SMILES string of the molecule is CC1CC(C)[NH+]([O-])C(N(C)O)C1. The van der Waals surface area contributed by atoms with Crippen LogP contribution in [0.4, 0.5) is 0 Å². The molecule has 1 heterocycles. The van der Waals surface area contributed by atoms with Crippen molar-refractivity contribution in [3.63, 3.8) is 0 Å². The number of hydroxylamine groups is 4. The Kier molecular flexibility index (Phi) is 3.06. The zero-order chi connectivity index (χ0) is 9.30. The average Bonchev–Trinajstić information content (AvgIpc) is 1.96. The van der Waals surface area contributed by atoms with Crippen LogP contribution in [0.1, 0.15) is 26.7 Å². The summed E-state index contributed by atoms with van der Waals surface area (Å²) in [7, 11) is 1.55. The molecule has 0 aromatic heterocycles. The molecule has 0 aromatic rings. The fourth-order valence-electron chi connectivity index (χ4n) is 1.98. The number of hydrogen-bond donors (Lipinski definition) is 2. The fourth-order valence-corrected chi connectivity index (χ4v) is 1.98. The largest absolute Gasteiger partial charge is 0.633 e. The standard InChI is InChI=1S/C8H18N2O2/c1-6-4-7(2)10(12)8(5-6)9(3)11/h6-8,10-11H,4-5H2,1-3H3. The minimum atomic E-state index is -0.274. The van der Waals surface area contributed by atoms with Crippen LogP contribution in [0, 0.1) is 11.1 Å². The number of piperidine rings is 1. The van der Waals surface area contributed by atoms with Gasteiger partial charge in [-0.05, 0) is 12.8 Å². The number of nitrogens with zero attached hydrogens (tertiary/aromatic N) is 1. The summed E-state index contributed by atoms with van der Waals surface area (Å²) in [6.45, 7) is 4.06. The third kappa shape index (κ3) is 1.95. The second kappa shape index (κ2) is 3.70. The molecule has 4 nitrogen and oxygen atoms in total. The Morgan fingerprint density at radius 2 is 2.00 bits per heavy atom. The number of rotatable bonds is 1. The van der Waals surface area contributed by atoms with Crippen LogP contribution in [0.15, 0.2) is 0 Å². The van der Waals surface area contributed by atoms with Crippen LogP contribution in [0.3, 0.4) is 0 Å². The number of nitrogens with one attached hydrogen (secondary N) is 1. The molecule has 0 bridgehead atoms. The molecule has 0 aliphatic carbocycles. The minimum absolute atomic E-state index is 0.105. The van der Waals surface area contributed by atoms with E-state index in [9.17, 15) is 10.4 Å². The van der Waals surface area contributed by atoms with E-state index in [1.54, 1.807) is 7.05 Å². The van der Waals surface area contributed by atoms with Gasteiger partial charge in [0.15, 0.2) is 6.17 Å². The van der Waals surface area contributed by atoms with Crippen LogP contribution < -0.4 is 5.06 Å². The average molecular weight is 174 g/mol. The third-order valence-corrected chi connectivity index (χ3v) is 2.65. The van der Waals surface area contributed by atoms with Gasteiger partial charge in [-0.1, -0.05) is 6.92 Å². The van der Waals surface area contributed by atoms with Crippen LogP contribution >= 0.6 is 0 Å². The summed E-state index contributed by atoms with van der Waals surface area (Å²) in [5.74, 6) is 0.539. The predicted molar refractivity (Wildman–Crippen MR) is 45.5 cm³/mol. The van der Waals surface area contributed by atoms with Crippen LogP contribution in [0.5, 0.6) is 0 Å². The Bertz CT molecular complexity index is 152. The van der Waals surface area contributed by atoms with Crippen LogP contribution in [0.25, 0.3) is 0 Å². The molecule has 0 radical (unpaired) electrons. The molecule has 1 fully saturated rings. The van der Waals surface area contributed by atoms with Crippen molar-refractivity contribution < 1.29 is 10.3 Å². The summed E-state index contributed by atoms with van der Waals surface area (Å²) in [4.78, 5) is 0. The van der Waals surface area contributed by atoms with Crippen molar-refractivity contribution in [3.8, 4) is 0 Å². The lowest BCUT2D eigenvalue weighted by molar-refractivity contribution is -0.925. The van der Waals surface area contributed by atoms with Crippen LogP contribution in [-0.4, -0.2) is 29.5 Å². The zero-order valence-corrected chi connectivity index (χ0v) is 7.95. The first kappa shape index (κ1) is 9.92. The molecule has 4 atom stereocenters. The van der Waals surface area contributed by atoms with Gasteiger partial charge in [0.1, 0.15) is 0 Å². The maximum absolute atomic E-state index is 11.5.